The molecule has 1 amide bonds. The monoisotopic (exact) mass is 366 g/mol. The predicted octanol–water partition coefficient (Wildman–Crippen LogP) is 2.95. The Bertz CT molecular complexity index is 668. The Labute approximate surface area is 151 Å². The van der Waals surface area contributed by atoms with Crippen LogP contribution < -0.4 is 5.32 Å². The van der Waals surface area contributed by atoms with Gasteiger partial charge in [0.05, 0.1) is 4.90 Å². The molecule has 5 nitrogen and oxygen atoms in total. The number of piperidine rings is 1. The molecule has 0 saturated carbocycles. The van der Waals surface area contributed by atoms with Crippen LogP contribution in [-0.4, -0.2) is 38.3 Å². The van der Waals surface area contributed by atoms with Crippen molar-refractivity contribution in [2.75, 3.05) is 19.6 Å². The van der Waals surface area contributed by atoms with Gasteiger partial charge in [-0.3, -0.25) is 4.79 Å². The minimum atomic E-state index is -3.44. The third kappa shape index (κ3) is 5.82. The van der Waals surface area contributed by atoms with Gasteiger partial charge in [-0.15, -0.1) is 0 Å². The van der Waals surface area contributed by atoms with Crippen LogP contribution in [0.15, 0.2) is 29.2 Å². The molecule has 0 aromatic heterocycles. The number of nitrogens with zero attached hydrogens (tertiary/aromatic N) is 1. The van der Waals surface area contributed by atoms with Crippen LogP contribution >= 0.6 is 0 Å². The molecule has 1 unspecified atom stereocenters. The summed E-state index contributed by atoms with van der Waals surface area (Å²) in [5.74, 6) is 0.750. The number of nitrogens with one attached hydrogen (secondary N) is 1. The van der Waals surface area contributed by atoms with Gasteiger partial charge in [0.25, 0.3) is 0 Å². The first kappa shape index (κ1) is 19.9. The van der Waals surface area contributed by atoms with Gasteiger partial charge in [0.2, 0.25) is 15.9 Å². The molecule has 0 aliphatic carbocycles. The highest BCUT2D eigenvalue weighted by Gasteiger charge is 2.30. The van der Waals surface area contributed by atoms with Gasteiger partial charge in [0.15, 0.2) is 0 Å². The van der Waals surface area contributed by atoms with Crippen LogP contribution in [0, 0.1) is 18.8 Å². The van der Waals surface area contributed by atoms with Gasteiger partial charge < -0.3 is 5.32 Å². The smallest absolute Gasteiger partial charge is 0.243 e. The van der Waals surface area contributed by atoms with Crippen LogP contribution in [0.25, 0.3) is 0 Å². The second-order valence-electron chi connectivity index (χ2n) is 7.42. The van der Waals surface area contributed by atoms with Crippen molar-refractivity contribution >= 4 is 15.9 Å². The molecule has 1 aliphatic heterocycles. The topological polar surface area (TPSA) is 66.5 Å². The maximum absolute atomic E-state index is 12.8. The summed E-state index contributed by atoms with van der Waals surface area (Å²) in [7, 11) is -3.44. The van der Waals surface area contributed by atoms with E-state index in [2.05, 4.69) is 19.2 Å². The molecule has 1 atom stereocenters. The van der Waals surface area contributed by atoms with E-state index in [0.29, 0.717) is 36.9 Å². The van der Waals surface area contributed by atoms with Crippen molar-refractivity contribution in [1.82, 2.24) is 9.62 Å². The Morgan fingerprint density at radius 3 is 2.60 bits per heavy atom. The summed E-state index contributed by atoms with van der Waals surface area (Å²) >= 11 is 0. The maximum atomic E-state index is 12.8. The number of rotatable bonds is 7. The Balaban J connectivity index is 1.91. The highest BCUT2D eigenvalue weighted by molar-refractivity contribution is 7.89. The highest BCUT2D eigenvalue weighted by atomic mass is 32.2. The van der Waals surface area contributed by atoms with Crippen LogP contribution in [0.4, 0.5) is 0 Å². The van der Waals surface area contributed by atoms with E-state index >= 15 is 0 Å². The van der Waals surface area contributed by atoms with Crippen LogP contribution in [0.5, 0.6) is 0 Å². The number of carbonyl (C=O) groups is 1. The van der Waals surface area contributed by atoms with Gasteiger partial charge in [-0.1, -0.05) is 31.5 Å². The summed E-state index contributed by atoms with van der Waals surface area (Å²) in [4.78, 5) is 12.2. The molecule has 1 aromatic carbocycles. The summed E-state index contributed by atoms with van der Waals surface area (Å²) < 4.78 is 27.2. The van der Waals surface area contributed by atoms with Gasteiger partial charge in [-0.2, -0.15) is 4.31 Å². The Morgan fingerprint density at radius 1 is 1.28 bits per heavy atom. The summed E-state index contributed by atoms with van der Waals surface area (Å²) in [6.45, 7) is 7.83. The molecular weight excluding hydrogens is 336 g/mol. The molecule has 1 saturated heterocycles. The maximum Gasteiger partial charge on any atom is 0.243 e. The standard InChI is InChI=1S/C19H30N2O3S/c1-15(2)13-20-19(22)11-8-17-5-4-12-21(14-17)25(23,24)18-9-6-16(3)7-10-18/h6-7,9-10,15,17H,4-5,8,11-14H2,1-3H3,(H,20,22). The lowest BCUT2D eigenvalue weighted by Crippen LogP contribution is -2.40. The molecular formula is C19H30N2O3S. The SMILES string of the molecule is Cc1ccc(S(=O)(=O)N2CCCC(CCC(=O)NCC(C)C)C2)cc1. The number of amides is 1. The molecule has 0 spiro atoms. The number of hydrogen-bond donors (Lipinski definition) is 1. The molecule has 1 aliphatic rings. The average molecular weight is 367 g/mol. The Morgan fingerprint density at radius 2 is 1.96 bits per heavy atom. The van der Waals surface area contributed by atoms with Crippen molar-refractivity contribution in [1.29, 1.82) is 0 Å². The second kappa shape index (κ2) is 8.81. The lowest BCUT2D eigenvalue weighted by molar-refractivity contribution is -0.121. The molecule has 1 aromatic rings. The molecule has 6 heteroatoms. The number of carbonyl (C=O) groups excluding carboxylic acids is 1. The molecule has 1 heterocycles. The highest BCUT2D eigenvalue weighted by Crippen LogP contribution is 2.26. The van der Waals surface area contributed by atoms with Crippen molar-refractivity contribution < 1.29 is 13.2 Å². The quantitative estimate of drug-likeness (QED) is 0.807. The van der Waals surface area contributed by atoms with E-state index in [0.717, 1.165) is 24.8 Å². The van der Waals surface area contributed by atoms with E-state index in [1.54, 1.807) is 16.4 Å². The van der Waals surface area contributed by atoms with Crippen molar-refractivity contribution in [3.8, 4) is 0 Å². The van der Waals surface area contributed by atoms with Crippen LogP contribution in [0.2, 0.25) is 0 Å². The third-order valence-electron chi connectivity index (χ3n) is 4.63. The van der Waals surface area contributed by atoms with Crippen molar-refractivity contribution in [3.63, 3.8) is 0 Å². The lowest BCUT2D eigenvalue weighted by atomic mass is 9.94. The molecule has 2 rings (SSSR count). The van der Waals surface area contributed by atoms with Gasteiger partial charge in [-0.05, 0) is 50.2 Å². The number of hydrogen-bond acceptors (Lipinski definition) is 3. The van der Waals surface area contributed by atoms with Gasteiger partial charge in [-0.25, -0.2) is 8.42 Å². The second-order valence-corrected chi connectivity index (χ2v) is 9.36. The fourth-order valence-corrected chi connectivity index (χ4v) is 4.64. The van der Waals surface area contributed by atoms with E-state index < -0.39 is 10.0 Å². The van der Waals surface area contributed by atoms with Gasteiger partial charge in [0, 0.05) is 26.1 Å². The number of sulfonamides is 1. The molecule has 0 radical (unpaired) electrons. The Hall–Kier alpha value is -1.40. The van der Waals surface area contributed by atoms with Crippen molar-refractivity contribution in [2.24, 2.45) is 11.8 Å². The summed E-state index contributed by atoms with van der Waals surface area (Å²) in [5, 5.41) is 2.92. The van der Waals surface area contributed by atoms with E-state index in [-0.39, 0.29) is 11.8 Å². The first-order valence-corrected chi connectivity index (χ1v) is 10.6. The zero-order valence-electron chi connectivity index (χ0n) is 15.5. The van der Waals surface area contributed by atoms with Gasteiger partial charge in [0.1, 0.15) is 0 Å². The lowest BCUT2D eigenvalue weighted by Gasteiger charge is -2.32. The predicted molar refractivity (Wildman–Crippen MR) is 99.7 cm³/mol. The molecule has 1 N–H and O–H groups in total. The molecule has 0 bridgehead atoms. The fourth-order valence-electron chi connectivity index (χ4n) is 3.08. The van der Waals surface area contributed by atoms with Crippen LogP contribution in [0.1, 0.15) is 45.1 Å². The van der Waals surface area contributed by atoms with Gasteiger partial charge >= 0.3 is 0 Å². The molecule has 1 fully saturated rings. The van der Waals surface area contributed by atoms with E-state index in [9.17, 15) is 13.2 Å². The van der Waals surface area contributed by atoms with E-state index in [1.807, 2.05) is 19.1 Å². The molecule has 25 heavy (non-hydrogen) atoms. The summed E-state index contributed by atoms with van der Waals surface area (Å²) in [5.41, 5.74) is 1.04. The van der Waals surface area contributed by atoms with Crippen molar-refractivity contribution in [3.05, 3.63) is 29.8 Å². The zero-order valence-corrected chi connectivity index (χ0v) is 16.3. The van der Waals surface area contributed by atoms with Crippen molar-refractivity contribution in [2.45, 2.75) is 51.3 Å². The summed E-state index contributed by atoms with van der Waals surface area (Å²) in [6, 6.07) is 7.00. The summed E-state index contributed by atoms with van der Waals surface area (Å²) in [6.07, 6.45) is 3.04. The number of benzene rings is 1. The largest absolute Gasteiger partial charge is 0.356 e. The van der Waals surface area contributed by atoms with E-state index in [1.165, 1.54) is 0 Å². The normalized spacial score (nSPS) is 19.1. The average Bonchev–Trinajstić information content (AvgIpc) is 2.59. The number of aryl methyl sites for hydroxylation is 1. The zero-order chi connectivity index (χ0) is 18.4. The minimum Gasteiger partial charge on any atom is -0.356 e. The van der Waals surface area contributed by atoms with Crippen LogP contribution in [-0.2, 0) is 14.8 Å². The minimum absolute atomic E-state index is 0.0622. The fraction of sp³-hybridized carbons (Fsp3) is 0.632. The third-order valence-corrected chi connectivity index (χ3v) is 6.51. The molecule has 140 valence electrons. The first-order valence-electron chi connectivity index (χ1n) is 9.12. The Kier molecular flexibility index (Phi) is 7.02. The van der Waals surface area contributed by atoms with Crippen LogP contribution in [0.3, 0.4) is 0 Å². The first-order chi connectivity index (χ1) is 11.8. The van der Waals surface area contributed by atoms with E-state index in [4.69, 9.17) is 0 Å².